The van der Waals surface area contributed by atoms with Gasteiger partial charge in [-0.25, -0.2) is 9.59 Å². The summed E-state index contributed by atoms with van der Waals surface area (Å²) in [4.78, 5) is 36.4. The van der Waals surface area contributed by atoms with Crippen LogP contribution in [0.2, 0.25) is 0 Å². The Morgan fingerprint density at radius 2 is 1.82 bits per heavy atom. The summed E-state index contributed by atoms with van der Waals surface area (Å²) < 4.78 is 29.3. The first-order valence-electron chi connectivity index (χ1n) is 14.1. The number of alkyl carbamates (subject to hydrolysis) is 2. The number of carbonyl (C=O) groups excluding carboxylic acids is 3. The molecular weight excluding hydrogens is 520 g/mol. The van der Waals surface area contributed by atoms with Crippen LogP contribution >= 0.6 is 0 Å². The lowest BCUT2D eigenvalue weighted by Gasteiger charge is -2.42. The number of methoxy groups -OCH3 is 1. The van der Waals surface area contributed by atoms with E-state index in [4.69, 9.17) is 23.7 Å². The predicted molar refractivity (Wildman–Crippen MR) is 148 cm³/mol. The first-order chi connectivity index (χ1) is 18.9. The molecule has 2 aliphatic heterocycles. The van der Waals surface area contributed by atoms with Crippen LogP contribution in [-0.2, 0) is 28.5 Å². The molecule has 0 aromatic rings. The van der Waals surface area contributed by atoms with E-state index in [0.717, 1.165) is 12.8 Å². The second-order valence-corrected chi connectivity index (χ2v) is 12.1. The van der Waals surface area contributed by atoms with Gasteiger partial charge in [-0.1, -0.05) is 11.6 Å². The molecule has 1 aliphatic carbocycles. The number of allylic oxidation sites excluding steroid dienone is 1. The van der Waals surface area contributed by atoms with Gasteiger partial charge in [0.15, 0.2) is 0 Å². The van der Waals surface area contributed by atoms with Gasteiger partial charge in [-0.15, -0.1) is 0 Å². The van der Waals surface area contributed by atoms with Gasteiger partial charge in [-0.2, -0.15) is 0 Å². The zero-order valence-electron chi connectivity index (χ0n) is 25.0. The van der Waals surface area contributed by atoms with E-state index in [-0.39, 0.29) is 42.8 Å². The summed E-state index contributed by atoms with van der Waals surface area (Å²) in [5.41, 5.74) is -0.339. The quantitative estimate of drug-likeness (QED) is 0.140. The van der Waals surface area contributed by atoms with Crippen molar-refractivity contribution in [2.24, 2.45) is 5.92 Å². The van der Waals surface area contributed by atoms with E-state index in [1.165, 1.54) is 5.57 Å². The molecule has 4 N–H and O–H groups in total. The fraction of sp³-hybridized carbons (Fsp3) is 0.821. The van der Waals surface area contributed by atoms with Crippen molar-refractivity contribution in [2.75, 3.05) is 47.0 Å². The van der Waals surface area contributed by atoms with Crippen LogP contribution in [0.5, 0.6) is 0 Å². The molecule has 0 radical (unpaired) electrons. The smallest absolute Gasteiger partial charge is 0.408 e. The van der Waals surface area contributed by atoms with Crippen LogP contribution in [0.15, 0.2) is 11.6 Å². The highest BCUT2D eigenvalue weighted by atomic mass is 16.6. The Morgan fingerprint density at radius 3 is 2.45 bits per heavy atom. The first-order valence-corrected chi connectivity index (χ1v) is 14.1. The molecule has 12 heteroatoms. The molecule has 0 aromatic carbocycles. The number of hydrogen-bond donors (Lipinski definition) is 4. The number of epoxide rings is 2. The molecule has 12 nitrogen and oxygen atoms in total. The Labute approximate surface area is 237 Å². The standard InChI is InChI=1S/C28H48N4O8/c1-18(2)9-10-20-27(5,40-20)23-22(36-7)19(11-12-28(23)17-38-28)39-25(35)32-26(3,4)16-37-24(34)31-14-8-13-30-21(33)15-29-6/h9,19-20,22-23,29H,8,10-17H2,1-7H3,(H,30,33)(H,31,34)(H,32,35)/t19?,20-,22?,23?,27-,28+/m1/s1. The molecule has 0 bridgehead atoms. The highest BCUT2D eigenvalue weighted by Crippen LogP contribution is 2.59. The molecule has 3 unspecified atom stereocenters. The van der Waals surface area contributed by atoms with Crippen molar-refractivity contribution in [1.82, 2.24) is 21.3 Å². The minimum atomic E-state index is -0.867. The zero-order chi connectivity index (χ0) is 29.6. The van der Waals surface area contributed by atoms with Crippen molar-refractivity contribution in [3.05, 3.63) is 11.6 Å². The fourth-order valence-electron chi connectivity index (χ4n) is 5.58. The number of nitrogens with one attached hydrogen (secondary N) is 4. The van der Waals surface area contributed by atoms with Crippen molar-refractivity contribution in [3.8, 4) is 0 Å². The molecule has 228 valence electrons. The van der Waals surface area contributed by atoms with Gasteiger partial charge in [-0.05, 0) is 67.3 Å². The minimum absolute atomic E-state index is 0.0528. The summed E-state index contributed by atoms with van der Waals surface area (Å²) in [6.45, 7) is 11.4. The van der Waals surface area contributed by atoms with Crippen LogP contribution in [0.3, 0.4) is 0 Å². The van der Waals surface area contributed by atoms with Gasteiger partial charge in [0.2, 0.25) is 5.91 Å². The number of hydrogen-bond acceptors (Lipinski definition) is 9. The lowest BCUT2D eigenvalue weighted by Crippen LogP contribution is -2.57. The van der Waals surface area contributed by atoms with Crippen molar-refractivity contribution in [2.45, 2.75) is 95.4 Å². The summed E-state index contributed by atoms with van der Waals surface area (Å²) in [5, 5.41) is 10.9. The molecule has 2 saturated heterocycles. The van der Waals surface area contributed by atoms with Crippen LogP contribution in [0.1, 0.15) is 60.3 Å². The maximum Gasteiger partial charge on any atom is 0.408 e. The van der Waals surface area contributed by atoms with Gasteiger partial charge in [0, 0.05) is 20.2 Å². The van der Waals surface area contributed by atoms with Gasteiger partial charge >= 0.3 is 12.2 Å². The Balaban J connectivity index is 1.45. The monoisotopic (exact) mass is 568 g/mol. The number of carbonyl (C=O) groups is 3. The molecule has 1 spiro atoms. The summed E-state index contributed by atoms with van der Waals surface area (Å²) in [6, 6.07) is 0. The summed E-state index contributed by atoms with van der Waals surface area (Å²) in [7, 11) is 3.33. The summed E-state index contributed by atoms with van der Waals surface area (Å²) in [6.07, 6.45) is 2.96. The van der Waals surface area contributed by atoms with E-state index >= 15 is 0 Å². The number of rotatable bonds is 14. The second kappa shape index (κ2) is 13.5. The summed E-state index contributed by atoms with van der Waals surface area (Å²) >= 11 is 0. The number of amides is 3. The zero-order valence-corrected chi connectivity index (χ0v) is 25.0. The SMILES string of the molecule is CNCC(=O)NCCCNC(=O)OCC(C)(C)NC(=O)OC1CC[C@]2(CO2)C([C@]2(C)O[C@@H]2CC=C(C)C)C1OC. The van der Waals surface area contributed by atoms with Crippen LogP contribution in [0.25, 0.3) is 0 Å². The Morgan fingerprint density at radius 1 is 1.12 bits per heavy atom. The van der Waals surface area contributed by atoms with Crippen LogP contribution in [0, 0.1) is 5.92 Å². The largest absolute Gasteiger partial charge is 0.447 e. The van der Waals surface area contributed by atoms with Crippen LogP contribution < -0.4 is 21.3 Å². The third-order valence-electron chi connectivity index (χ3n) is 7.78. The Bertz CT molecular complexity index is 933. The molecule has 3 rings (SSSR count). The van der Waals surface area contributed by atoms with Gasteiger partial charge < -0.3 is 45.0 Å². The maximum absolute atomic E-state index is 12.9. The highest BCUT2D eigenvalue weighted by Gasteiger charge is 2.72. The predicted octanol–water partition coefficient (Wildman–Crippen LogP) is 2.02. The fourth-order valence-corrected chi connectivity index (χ4v) is 5.58. The number of ether oxygens (including phenoxy) is 5. The van der Waals surface area contributed by atoms with E-state index < -0.39 is 29.4 Å². The molecule has 3 aliphatic rings. The number of likely N-dealkylation sites (N-methyl/N-ethyl adjacent to an activating group) is 1. The molecule has 40 heavy (non-hydrogen) atoms. The lowest BCUT2D eigenvalue weighted by atomic mass is 9.68. The molecular formula is C28H48N4O8. The second-order valence-electron chi connectivity index (χ2n) is 12.1. The topological polar surface area (TPSA) is 152 Å². The van der Waals surface area contributed by atoms with Crippen molar-refractivity contribution < 1.29 is 38.1 Å². The van der Waals surface area contributed by atoms with Crippen molar-refractivity contribution in [3.63, 3.8) is 0 Å². The van der Waals surface area contributed by atoms with Gasteiger partial charge in [-0.3, -0.25) is 4.79 Å². The Hall–Kier alpha value is -2.41. The van der Waals surface area contributed by atoms with Crippen LogP contribution in [-0.4, -0.2) is 100 Å². The van der Waals surface area contributed by atoms with E-state index in [1.807, 2.05) is 0 Å². The van der Waals surface area contributed by atoms with E-state index in [2.05, 4.69) is 48.1 Å². The minimum Gasteiger partial charge on any atom is -0.447 e. The molecule has 6 atom stereocenters. The molecule has 1 saturated carbocycles. The van der Waals surface area contributed by atoms with Crippen molar-refractivity contribution >= 4 is 18.1 Å². The average Bonchev–Trinajstić information content (AvgIpc) is 3.79. The average molecular weight is 569 g/mol. The van der Waals surface area contributed by atoms with Gasteiger partial charge in [0.25, 0.3) is 0 Å². The molecule has 3 amide bonds. The first kappa shape index (κ1) is 32.1. The molecule has 2 heterocycles. The normalized spacial score (nSPS) is 30.7. The Kier molecular flexibility index (Phi) is 10.8. The molecule has 3 fully saturated rings. The summed E-state index contributed by atoms with van der Waals surface area (Å²) in [5.74, 6) is -0.173. The third kappa shape index (κ3) is 8.55. The van der Waals surface area contributed by atoms with Gasteiger partial charge in [0.1, 0.15) is 30.0 Å². The molecule has 0 aromatic heterocycles. The highest BCUT2D eigenvalue weighted by molar-refractivity contribution is 5.77. The van der Waals surface area contributed by atoms with Crippen LogP contribution in [0.4, 0.5) is 9.59 Å². The van der Waals surface area contributed by atoms with Gasteiger partial charge in [0.05, 0.1) is 30.7 Å². The van der Waals surface area contributed by atoms with Crippen molar-refractivity contribution in [1.29, 1.82) is 0 Å². The van der Waals surface area contributed by atoms with E-state index in [9.17, 15) is 14.4 Å². The third-order valence-corrected chi connectivity index (χ3v) is 7.78. The van der Waals surface area contributed by atoms with E-state index in [0.29, 0.717) is 32.5 Å². The lowest BCUT2D eigenvalue weighted by molar-refractivity contribution is -0.120. The van der Waals surface area contributed by atoms with E-state index in [1.54, 1.807) is 28.0 Å². The maximum atomic E-state index is 12.9.